The molecule has 3 aromatic carbocycles. The van der Waals surface area contributed by atoms with Crippen LogP contribution in [0.1, 0.15) is 37.8 Å². The van der Waals surface area contributed by atoms with E-state index >= 15 is 0 Å². The predicted octanol–water partition coefficient (Wildman–Crippen LogP) is 5.84. The molecule has 0 radical (unpaired) electrons. The summed E-state index contributed by atoms with van der Waals surface area (Å²) in [6.07, 6.45) is 1.19. The average molecular weight is 623 g/mol. The number of anilines is 1. The lowest BCUT2D eigenvalue weighted by molar-refractivity contribution is -0.141. The summed E-state index contributed by atoms with van der Waals surface area (Å²) in [5, 5.41) is 3.60. The third-order valence-electron chi connectivity index (χ3n) is 6.37. The molecule has 0 saturated carbocycles. The highest BCUT2D eigenvalue weighted by Gasteiger charge is 2.32. The molecule has 41 heavy (non-hydrogen) atoms. The molecule has 0 bridgehead atoms. The van der Waals surface area contributed by atoms with E-state index in [0.29, 0.717) is 15.6 Å². The summed E-state index contributed by atoms with van der Waals surface area (Å²) in [7, 11) is -3.83. The topological polar surface area (TPSA) is 86.8 Å². The molecule has 2 amide bonds. The van der Waals surface area contributed by atoms with Crippen molar-refractivity contribution in [1.29, 1.82) is 0 Å². The summed E-state index contributed by atoms with van der Waals surface area (Å²) in [5.74, 6) is -1.43. The second-order valence-corrected chi connectivity index (χ2v) is 12.7. The van der Waals surface area contributed by atoms with Crippen molar-refractivity contribution in [1.82, 2.24) is 10.2 Å². The maximum atomic E-state index is 14.5. The van der Waals surface area contributed by atoms with Gasteiger partial charge in [0.05, 0.1) is 11.9 Å². The lowest BCUT2D eigenvalue weighted by Gasteiger charge is -2.33. The molecule has 0 aromatic heterocycles. The number of benzene rings is 3. The number of hydrogen-bond donors (Lipinski definition) is 1. The van der Waals surface area contributed by atoms with Gasteiger partial charge < -0.3 is 10.2 Å². The summed E-state index contributed by atoms with van der Waals surface area (Å²) in [6, 6.07) is 18.8. The molecule has 3 aromatic rings. The van der Waals surface area contributed by atoms with Crippen LogP contribution in [0.25, 0.3) is 0 Å². The molecule has 1 N–H and O–H groups in total. The van der Waals surface area contributed by atoms with Crippen LogP contribution in [0.5, 0.6) is 0 Å². The van der Waals surface area contributed by atoms with Crippen molar-refractivity contribution in [3.8, 4) is 0 Å². The summed E-state index contributed by atoms with van der Waals surface area (Å²) >= 11 is 12.9. The van der Waals surface area contributed by atoms with Crippen LogP contribution < -0.4 is 9.62 Å². The Morgan fingerprint density at radius 1 is 0.927 bits per heavy atom. The normalized spacial score (nSPS) is 12.2. The SMILES string of the molecule is CC(C)NC(=O)C(Cc1ccccc1)N(Cc1c(Cl)cccc1Cl)C(=O)CCCN(c1ccccc1F)S(C)(=O)=O. The number of amides is 2. The van der Waals surface area contributed by atoms with E-state index in [4.69, 9.17) is 23.2 Å². The number of carbonyl (C=O) groups is 2. The average Bonchev–Trinajstić information content (AvgIpc) is 2.90. The molecule has 0 aliphatic carbocycles. The zero-order valence-corrected chi connectivity index (χ0v) is 25.5. The van der Waals surface area contributed by atoms with Crippen LogP contribution >= 0.6 is 23.2 Å². The molecule has 1 unspecified atom stereocenters. The number of rotatable bonds is 13. The van der Waals surface area contributed by atoms with Gasteiger partial charge in [-0.05, 0) is 50.1 Å². The fourth-order valence-corrected chi connectivity index (χ4v) is 5.91. The van der Waals surface area contributed by atoms with Crippen molar-refractivity contribution in [2.45, 2.75) is 51.7 Å². The Kier molecular flexibility index (Phi) is 11.6. The Balaban J connectivity index is 1.93. The van der Waals surface area contributed by atoms with E-state index in [2.05, 4.69) is 5.32 Å². The Morgan fingerprint density at radius 2 is 1.54 bits per heavy atom. The maximum Gasteiger partial charge on any atom is 0.243 e. The van der Waals surface area contributed by atoms with Crippen LogP contribution in [0.15, 0.2) is 72.8 Å². The van der Waals surface area contributed by atoms with Crippen molar-refractivity contribution in [2.24, 2.45) is 0 Å². The summed E-state index contributed by atoms with van der Waals surface area (Å²) in [5.41, 5.74) is 1.24. The van der Waals surface area contributed by atoms with Gasteiger partial charge in [-0.25, -0.2) is 12.8 Å². The van der Waals surface area contributed by atoms with Crippen molar-refractivity contribution in [3.05, 3.63) is 99.8 Å². The monoisotopic (exact) mass is 621 g/mol. The first kappa shape index (κ1) is 32.4. The van der Waals surface area contributed by atoms with Crippen molar-refractivity contribution in [2.75, 3.05) is 17.1 Å². The first-order chi connectivity index (χ1) is 19.4. The quantitative estimate of drug-likeness (QED) is 0.260. The predicted molar refractivity (Wildman–Crippen MR) is 162 cm³/mol. The van der Waals surface area contributed by atoms with E-state index < -0.39 is 27.8 Å². The minimum Gasteiger partial charge on any atom is -0.352 e. The maximum absolute atomic E-state index is 14.5. The second kappa shape index (κ2) is 14.7. The van der Waals surface area contributed by atoms with Gasteiger partial charge in [-0.1, -0.05) is 71.7 Å². The van der Waals surface area contributed by atoms with Crippen molar-refractivity contribution < 1.29 is 22.4 Å². The van der Waals surface area contributed by atoms with Gasteiger partial charge in [0.1, 0.15) is 11.9 Å². The first-order valence-corrected chi connectivity index (χ1v) is 15.8. The minimum absolute atomic E-state index is 0.0382. The number of para-hydroxylation sites is 1. The van der Waals surface area contributed by atoms with Gasteiger partial charge in [0.2, 0.25) is 21.8 Å². The summed E-state index contributed by atoms with van der Waals surface area (Å²) in [6.45, 7) is 3.49. The van der Waals surface area contributed by atoms with Crippen LogP contribution in [0.3, 0.4) is 0 Å². The highest BCUT2D eigenvalue weighted by molar-refractivity contribution is 7.92. The van der Waals surface area contributed by atoms with Gasteiger partial charge in [-0.15, -0.1) is 0 Å². The number of nitrogens with one attached hydrogen (secondary N) is 1. The minimum atomic E-state index is -3.83. The first-order valence-electron chi connectivity index (χ1n) is 13.2. The number of halogens is 3. The molecule has 3 rings (SSSR count). The molecule has 0 saturated heterocycles. The van der Waals surface area contributed by atoms with E-state index in [1.54, 1.807) is 24.3 Å². The molecule has 1 atom stereocenters. The molecule has 220 valence electrons. The van der Waals surface area contributed by atoms with Gasteiger partial charge in [-0.2, -0.15) is 0 Å². The Morgan fingerprint density at radius 3 is 2.12 bits per heavy atom. The molecular formula is C30H34Cl2FN3O4S. The Labute approximate surface area is 251 Å². The molecule has 0 fully saturated rings. The standard InChI is InChI=1S/C30H34Cl2FN3O4S/c1-21(2)34-30(38)28(19-22-11-5-4-6-12-22)35(20-23-24(31)13-9-14-25(23)32)29(37)17-10-18-36(41(3,39)40)27-16-8-7-15-26(27)33/h4-9,11-16,21,28H,10,17-20H2,1-3H3,(H,34,38). The molecule has 0 spiro atoms. The lowest BCUT2D eigenvalue weighted by atomic mass is 10.0. The summed E-state index contributed by atoms with van der Waals surface area (Å²) in [4.78, 5) is 28.8. The van der Waals surface area contributed by atoms with Gasteiger partial charge in [-0.3, -0.25) is 13.9 Å². The third-order valence-corrected chi connectivity index (χ3v) is 8.25. The molecule has 0 aliphatic heterocycles. The number of nitrogens with zero attached hydrogens (tertiary/aromatic N) is 2. The van der Waals surface area contributed by atoms with Crippen molar-refractivity contribution in [3.63, 3.8) is 0 Å². The largest absolute Gasteiger partial charge is 0.352 e. The smallest absolute Gasteiger partial charge is 0.243 e. The fraction of sp³-hybridized carbons (Fsp3) is 0.333. The van der Waals surface area contributed by atoms with E-state index in [1.807, 2.05) is 44.2 Å². The van der Waals surface area contributed by atoms with Crippen LogP contribution in [-0.2, 0) is 32.6 Å². The zero-order chi connectivity index (χ0) is 30.2. The third kappa shape index (κ3) is 9.18. The van der Waals surface area contributed by atoms with Crippen LogP contribution in [0.2, 0.25) is 10.0 Å². The van der Waals surface area contributed by atoms with Gasteiger partial charge >= 0.3 is 0 Å². The zero-order valence-electron chi connectivity index (χ0n) is 23.2. The van der Waals surface area contributed by atoms with E-state index in [9.17, 15) is 22.4 Å². The van der Waals surface area contributed by atoms with Gasteiger partial charge in [0, 0.05) is 47.6 Å². The van der Waals surface area contributed by atoms with Crippen molar-refractivity contribution >= 4 is 50.7 Å². The van der Waals surface area contributed by atoms with Gasteiger partial charge in [0.15, 0.2) is 0 Å². The van der Waals surface area contributed by atoms with Gasteiger partial charge in [0.25, 0.3) is 0 Å². The molecule has 0 heterocycles. The molecular weight excluding hydrogens is 588 g/mol. The van der Waals surface area contributed by atoms with Crippen LogP contribution in [0, 0.1) is 5.82 Å². The lowest BCUT2D eigenvalue weighted by Crippen LogP contribution is -2.52. The number of carbonyl (C=O) groups excluding carboxylic acids is 2. The van der Waals surface area contributed by atoms with E-state index in [1.165, 1.54) is 23.1 Å². The van der Waals surface area contributed by atoms with Crippen LogP contribution in [-0.4, -0.2) is 50.0 Å². The molecule has 0 aliphatic rings. The highest BCUT2D eigenvalue weighted by Crippen LogP contribution is 2.28. The van der Waals surface area contributed by atoms with E-state index in [0.717, 1.165) is 16.1 Å². The number of sulfonamides is 1. The Hall–Kier alpha value is -3.14. The number of hydrogen-bond acceptors (Lipinski definition) is 4. The summed E-state index contributed by atoms with van der Waals surface area (Å²) < 4.78 is 40.4. The second-order valence-electron chi connectivity index (χ2n) is 9.98. The fourth-order valence-electron chi connectivity index (χ4n) is 4.42. The Bertz CT molecular complexity index is 1430. The van der Waals surface area contributed by atoms with E-state index in [-0.39, 0.29) is 50.0 Å². The molecule has 7 nitrogen and oxygen atoms in total. The van der Waals surface area contributed by atoms with Crippen LogP contribution in [0.4, 0.5) is 10.1 Å². The highest BCUT2D eigenvalue weighted by atomic mass is 35.5. The molecule has 11 heteroatoms.